The molecule has 0 aromatic carbocycles. The highest BCUT2D eigenvalue weighted by Gasteiger charge is 2.36. The molecule has 1 aromatic heterocycles. The van der Waals surface area contributed by atoms with E-state index < -0.39 is 5.60 Å². The molecule has 1 fully saturated rings. The summed E-state index contributed by atoms with van der Waals surface area (Å²) in [5, 5.41) is 3.40. The predicted molar refractivity (Wildman–Crippen MR) is 107 cm³/mol. The third kappa shape index (κ3) is 5.27. The summed E-state index contributed by atoms with van der Waals surface area (Å²) in [6.45, 7) is 11.8. The second-order valence-corrected chi connectivity index (χ2v) is 8.14. The molecule has 3 rings (SSSR count). The lowest BCUT2D eigenvalue weighted by molar-refractivity contribution is 0.0137. The van der Waals surface area contributed by atoms with Crippen molar-refractivity contribution < 1.29 is 14.3 Å². The standard InChI is InChI=1S/C20H31N5O3/c1-5-10-27-17-7-6-15(11-21-17)12-22-18-23-13-16-14-24(8-9-25(16)18)19(26)28-20(2,3)4/h6-7,11,16H,5,8-10,12-14H2,1-4H3,(H,22,23). The summed E-state index contributed by atoms with van der Waals surface area (Å²) in [6, 6.07) is 4.11. The second kappa shape index (κ2) is 8.67. The van der Waals surface area contributed by atoms with E-state index in [-0.39, 0.29) is 12.1 Å². The van der Waals surface area contributed by atoms with E-state index in [2.05, 4.69) is 27.1 Å². The summed E-state index contributed by atoms with van der Waals surface area (Å²) in [7, 11) is 0. The highest BCUT2D eigenvalue weighted by Crippen LogP contribution is 2.19. The highest BCUT2D eigenvalue weighted by molar-refractivity contribution is 5.82. The van der Waals surface area contributed by atoms with Crippen LogP contribution in [0.25, 0.3) is 0 Å². The number of rotatable bonds is 5. The fourth-order valence-corrected chi connectivity index (χ4v) is 3.21. The van der Waals surface area contributed by atoms with Crippen molar-refractivity contribution in [2.75, 3.05) is 32.8 Å². The van der Waals surface area contributed by atoms with Crippen LogP contribution in [0.15, 0.2) is 23.3 Å². The molecular formula is C20H31N5O3. The number of hydrogen-bond acceptors (Lipinski definition) is 7. The molecule has 3 heterocycles. The number of ether oxygens (including phenoxy) is 2. The quantitative estimate of drug-likeness (QED) is 0.832. The lowest BCUT2D eigenvalue weighted by atomic mass is 10.2. The summed E-state index contributed by atoms with van der Waals surface area (Å²) in [5.74, 6) is 1.54. The van der Waals surface area contributed by atoms with Crippen LogP contribution >= 0.6 is 0 Å². The number of nitrogens with zero attached hydrogens (tertiary/aromatic N) is 4. The van der Waals surface area contributed by atoms with Crippen LogP contribution in [0.1, 0.15) is 39.7 Å². The SMILES string of the molecule is CCCOc1ccc(CNC2=NCC3CN(C(=O)OC(C)(C)C)CCN23)cn1. The van der Waals surface area contributed by atoms with Crippen molar-refractivity contribution in [2.45, 2.75) is 52.3 Å². The number of hydrogen-bond donors (Lipinski definition) is 1. The molecule has 1 aromatic rings. The zero-order valence-corrected chi connectivity index (χ0v) is 17.3. The minimum atomic E-state index is -0.474. The molecule has 0 bridgehead atoms. The van der Waals surface area contributed by atoms with Gasteiger partial charge in [0.2, 0.25) is 5.88 Å². The van der Waals surface area contributed by atoms with Gasteiger partial charge >= 0.3 is 6.09 Å². The predicted octanol–water partition coefficient (Wildman–Crippen LogP) is 2.25. The lowest BCUT2D eigenvalue weighted by Gasteiger charge is -2.39. The summed E-state index contributed by atoms with van der Waals surface area (Å²) in [6.07, 6.45) is 2.54. The molecule has 1 N–H and O–H groups in total. The van der Waals surface area contributed by atoms with Crippen LogP contribution in [0.5, 0.6) is 5.88 Å². The number of guanidine groups is 1. The Labute approximate surface area is 166 Å². The maximum Gasteiger partial charge on any atom is 0.410 e. The molecule has 1 atom stereocenters. The molecular weight excluding hydrogens is 358 g/mol. The van der Waals surface area contributed by atoms with Crippen LogP contribution in [0.4, 0.5) is 4.79 Å². The van der Waals surface area contributed by atoms with E-state index in [4.69, 9.17) is 9.47 Å². The summed E-state index contributed by atoms with van der Waals surface area (Å²) in [5.41, 5.74) is 0.598. The zero-order valence-electron chi connectivity index (χ0n) is 17.3. The number of carbonyl (C=O) groups excluding carboxylic acids is 1. The average Bonchev–Trinajstić information content (AvgIpc) is 3.06. The fraction of sp³-hybridized carbons (Fsp3) is 0.650. The van der Waals surface area contributed by atoms with Crippen LogP contribution in [0, 0.1) is 0 Å². The van der Waals surface area contributed by atoms with Gasteiger partial charge in [0.15, 0.2) is 5.96 Å². The Hall–Kier alpha value is -2.51. The Kier molecular flexibility index (Phi) is 6.26. The smallest absolute Gasteiger partial charge is 0.410 e. The van der Waals surface area contributed by atoms with Crippen molar-refractivity contribution in [1.29, 1.82) is 0 Å². The van der Waals surface area contributed by atoms with E-state index in [1.807, 2.05) is 39.1 Å². The van der Waals surface area contributed by atoms with Crippen molar-refractivity contribution in [1.82, 2.24) is 20.1 Å². The minimum absolute atomic E-state index is 0.201. The Morgan fingerprint density at radius 2 is 2.14 bits per heavy atom. The number of aromatic nitrogens is 1. The number of nitrogens with one attached hydrogen (secondary N) is 1. The molecule has 8 heteroatoms. The van der Waals surface area contributed by atoms with Crippen molar-refractivity contribution in [3.05, 3.63) is 23.9 Å². The normalized spacial score (nSPS) is 19.1. The first-order valence-electron chi connectivity index (χ1n) is 9.96. The molecule has 0 radical (unpaired) electrons. The van der Waals surface area contributed by atoms with Crippen molar-refractivity contribution in [2.24, 2.45) is 4.99 Å². The molecule has 1 amide bonds. The van der Waals surface area contributed by atoms with E-state index in [9.17, 15) is 4.79 Å². The van der Waals surface area contributed by atoms with Gasteiger partial charge in [-0.25, -0.2) is 9.78 Å². The lowest BCUT2D eigenvalue weighted by Crippen LogP contribution is -2.57. The van der Waals surface area contributed by atoms with Gasteiger partial charge in [-0.15, -0.1) is 0 Å². The Bertz CT molecular complexity index is 699. The maximum atomic E-state index is 12.3. The van der Waals surface area contributed by atoms with Crippen molar-refractivity contribution in [3.63, 3.8) is 0 Å². The van der Waals surface area contributed by atoms with Gasteiger partial charge in [-0.05, 0) is 32.8 Å². The molecule has 1 unspecified atom stereocenters. The van der Waals surface area contributed by atoms with Gasteiger partial charge in [-0.1, -0.05) is 13.0 Å². The van der Waals surface area contributed by atoms with Gasteiger partial charge in [0.25, 0.3) is 0 Å². The molecule has 154 valence electrons. The van der Waals surface area contributed by atoms with Crippen LogP contribution in [0.2, 0.25) is 0 Å². The van der Waals surface area contributed by atoms with E-state index >= 15 is 0 Å². The van der Waals surface area contributed by atoms with E-state index in [1.54, 1.807) is 4.90 Å². The minimum Gasteiger partial charge on any atom is -0.478 e. The van der Waals surface area contributed by atoms with Gasteiger partial charge in [-0.3, -0.25) is 4.99 Å². The first kappa shape index (κ1) is 20.2. The topological polar surface area (TPSA) is 79.3 Å². The van der Waals surface area contributed by atoms with Gasteiger partial charge in [-0.2, -0.15) is 0 Å². The van der Waals surface area contributed by atoms with Crippen LogP contribution < -0.4 is 10.1 Å². The fourth-order valence-electron chi connectivity index (χ4n) is 3.21. The molecule has 1 saturated heterocycles. The van der Waals surface area contributed by atoms with Crippen molar-refractivity contribution in [3.8, 4) is 5.88 Å². The Morgan fingerprint density at radius 3 is 2.82 bits per heavy atom. The number of amides is 1. The summed E-state index contributed by atoms with van der Waals surface area (Å²) >= 11 is 0. The molecule has 2 aliphatic rings. The first-order valence-corrected chi connectivity index (χ1v) is 9.96. The molecule has 8 nitrogen and oxygen atoms in total. The number of carbonyl (C=O) groups is 1. The number of pyridine rings is 1. The summed E-state index contributed by atoms with van der Waals surface area (Å²) < 4.78 is 11.0. The van der Waals surface area contributed by atoms with Gasteiger partial charge in [0.1, 0.15) is 5.60 Å². The first-order chi connectivity index (χ1) is 13.4. The number of piperazine rings is 1. The Morgan fingerprint density at radius 1 is 1.32 bits per heavy atom. The number of aliphatic imine (C=N–C) groups is 1. The third-order valence-corrected chi connectivity index (χ3v) is 4.56. The maximum absolute atomic E-state index is 12.3. The van der Waals surface area contributed by atoms with Gasteiger partial charge in [0.05, 0.1) is 19.2 Å². The van der Waals surface area contributed by atoms with Crippen molar-refractivity contribution >= 4 is 12.1 Å². The molecule has 2 aliphatic heterocycles. The van der Waals surface area contributed by atoms with Gasteiger partial charge in [0, 0.05) is 38.4 Å². The average molecular weight is 390 g/mol. The number of fused-ring (bicyclic) bond motifs is 1. The van der Waals surface area contributed by atoms with E-state index in [0.29, 0.717) is 38.7 Å². The monoisotopic (exact) mass is 389 g/mol. The molecule has 28 heavy (non-hydrogen) atoms. The zero-order chi connectivity index (χ0) is 20.1. The third-order valence-electron chi connectivity index (χ3n) is 4.56. The largest absolute Gasteiger partial charge is 0.478 e. The second-order valence-electron chi connectivity index (χ2n) is 8.14. The molecule has 0 aliphatic carbocycles. The van der Waals surface area contributed by atoms with E-state index in [1.165, 1.54) is 0 Å². The molecule has 0 spiro atoms. The van der Waals surface area contributed by atoms with Crippen LogP contribution in [0.3, 0.4) is 0 Å². The summed E-state index contributed by atoms with van der Waals surface area (Å²) in [4.78, 5) is 25.3. The molecule has 0 saturated carbocycles. The Balaban J connectivity index is 1.47. The van der Waals surface area contributed by atoms with Crippen LogP contribution in [-0.2, 0) is 11.3 Å². The van der Waals surface area contributed by atoms with Crippen LogP contribution in [-0.4, -0.2) is 71.3 Å². The van der Waals surface area contributed by atoms with Gasteiger partial charge < -0.3 is 24.6 Å². The van der Waals surface area contributed by atoms with E-state index in [0.717, 1.165) is 24.5 Å². The highest BCUT2D eigenvalue weighted by atomic mass is 16.6.